The van der Waals surface area contributed by atoms with Crippen LogP contribution in [0.3, 0.4) is 0 Å². The van der Waals surface area contributed by atoms with Crippen LogP contribution in [0.4, 0.5) is 0 Å². The molecule has 0 N–H and O–H groups in total. The highest BCUT2D eigenvalue weighted by Crippen LogP contribution is 2.41. The molecule has 0 amide bonds. The molecule has 0 radical (unpaired) electrons. The van der Waals surface area contributed by atoms with E-state index in [-0.39, 0.29) is 29.5 Å². The number of carbonyl (C=O) groups is 2. The second-order valence-electron chi connectivity index (χ2n) is 6.05. The maximum Gasteiger partial charge on any atom is 0.310 e. The largest absolute Gasteiger partial charge is 0.459 e. The van der Waals surface area contributed by atoms with Crippen molar-refractivity contribution in [3.05, 3.63) is 12.2 Å². The van der Waals surface area contributed by atoms with Gasteiger partial charge in [0.25, 0.3) is 0 Å². The lowest BCUT2D eigenvalue weighted by Gasteiger charge is -2.27. The van der Waals surface area contributed by atoms with E-state index in [2.05, 4.69) is 6.92 Å². The quantitative estimate of drug-likeness (QED) is 0.556. The molecular weight excluding hydrogens is 228 g/mol. The van der Waals surface area contributed by atoms with Gasteiger partial charge in [-0.3, -0.25) is 9.59 Å². The summed E-state index contributed by atoms with van der Waals surface area (Å²) in [5.41, 5.74) is -0.415. The van der Waals surface area contributed by atoms with E-state index in [0.717, 1.165) is 19.3 Å². The predicted octanol–water partition coefficient (Wildman–Crippen LogP) is 2.89. The third-order valence-electron chi connectivity index (χ3n) is 4.00. The fourth-order valence-corrected chi connectivity index (χ4v) is 2.88. The Labute approximate surface area is 109 Å². The van der Waals surface area contributed by atoms with Crippen LogP contribution in [0.25, 0.3) is 0 Å². The van der Waals surface area contributed by atoms with Crippen LogP contribution < -0.4 is 0 Å². The Morgan fingerprint density at radius 2 is 2.17 bits per heavy atom. The Morgan fingerprint density at radius 1 is 1.44 bits per heavy atom. The maximum atomic E-state index is 12.2. The molecule has 18 heavy (non-hydrogen) atoms. The Bertz CT molecular complexity index is 381. The van der Waals surface area contributed by atoms with Crippen LogP contribution in [-0.4, -0.2) is 17.4 Å². The first-order valence-electron chi connectivity index (χ1n) is 6.89. The molecule has 2 aliphatic rings. The summed E-state index contributed by atoms with van der Waals surface area (Å²) in [4.78, 5) is 23.9. The lowest BCUT2D eigenvalue weighted by molar-refractivity contribution is -0.163. The smallest absolute Gasteiger partial charge is 0.310 e. The highest BCUT2D eigenvalue weighted by atomic mass is 16.6. The number of ether oxygens (including phenoxy) is 1. The molecular formula is C15H22O3. The number of fused-ring (bicyclic) bond motifs is 2. The highest BCUT2D eigenvalue weighted by Gasteiger charge is 2.48. The van der Waals surface area contributed by atoms with Crippen molar-refractivity contribution in [1.29, 1.82) is 0 Å². The second kappa shape index (κ2) is 4.87. The minimum absolute atomic E-state index is 0.0358. The summed E-state index contributed by atoms with van der Waals surface area (Å²) in [5, 5.41) is 0. The normalized spacial score (nSPS) is 29.9. The minimum Gasteiger partial charge on any atom is -0.459 e. The first kappa shape index (κ1) is 13.3. The molecule has 3 unspecified atom stereocenters. The fraction of sp³-hybridized carbons (Fsp3) is 0.733. The monoisotopic (exact) mass is 250 g/mol. The number of Topliss-reactive ketones (excluding diaryl/α,β-unsaturated/α-hetero) is 1. The lowest BCUT2D eigenvalue weighted by atomic mass is 9.93. The molecule has 100 valence electrons. The van der Waals surface area contributed by atoms with E-state index in [4.69, 9.17) is 4.74 Å². The van der Waals surface area contributed by atoms with Crippen LogP contribution in [0.5, 0.6) is 0 Å². The third-order valence-corrected chi connectivity index (χ3v) is 4.00. The number of hydrogen-bond donors (Lipinski definition) is 0. The predicted molar refractivity (Wildman–Crippen MR) is 68.9 cm³/mol. The van der Waals surface area contributed by atoms with E-state index in [1.807, 2.05) is 26.0 Å². The SMILES string of the molecule is CCCCC(C)(C)OC(=O)C1CC2C=CC1C2=O. The van der Waals surface area contributed by atoms with Crippen molar-refractivity contribution in [2.45, 2.75) is 52.1 Å². The van der Waals surface area contributed by atoms with Gasteiger partial charge in [-0.05, 0) is 33.1 Å². The number of hydrogen-bond acceptors (Lipinski definition) is 3. The van der Waals surface area contributed by atoms with Crippen molar-refractivity contribution < 1.29 is 14.3 Å². The van der Waals surface area contributed by atoms with Gasteiger partial charge in [-0.15, -0.1) is 0 Å². The van der Waals surface area contributed by atoms with Crippen molar-refractivity contribution in [3.63, 3.8) is 0 Å². The van der Waals surface area contributed by atoms with Gasteiger partial charge in [0.05, 0.1) is 5.92 Å². The van der Waals surface area contributed by atoms with E-state index in [9.17, 15) is 9.59 Å². The number of carbonyl (C=O) groups excluding carboxylic acids is 2. The summed E-state index contributed by atoms with van der Waals surface area (Å²) in [5.74, 6) is -0.492. The van der Waals surface area contributed by atoms with Crippen LogP contribution >= 0.6 is 0 Å². The summed E-state index contributed by atoms with van der Waals surface area (Å²) in [7, 11) is 0. The van der Waals surface area contributed by atoms with Gasteiger partial charge in [-0.2, -0.15) is 0 Å². The third kappa shape index (κ3) is 2.50. The van der Waals surface area contributed by atoms with Crippen LogP contribution in [0, 0.1) is 17.8 Å². The molecule has 2 aliphatic carbocycles. The van der Waals surface area contributed by atoms with E-state index < -0.39 is 5.60 Å². The van der Waals surface area contributed by atoms with Gasteiger partial charge in [0, 0.05) is 11.8 Å². The zero-order chi connectivity index (χ0) is 13.3. The van der Waals surface area contributed by atoms with Crippen molar-refractivity contribution in [1.82, 2.24) is 0 Å². The molecule has 0 aliphatic heterocycles. The average Bonchev–Trinajstić information content (AvgIpc) is 2.82. The number of rotatable bonds is 5. The number of ketones is 1. The summed E-state index contributed by atoms with van der Waals surface area (Å²) in [6.45, 7) is 6.02. The van der Waals surface area contributed by atoms with Crippen LogP contribution in [0.2, 0.25) is 0 Å². The molecule has 3 atom stereocenters. The average molecular weight is 250 g/mol. The van der Waals surface area contributed by atoms with E-state index in [1.54, 1.807) is 0 Å². The summed E-state index contributed by atoms with van der Waals surface area (Å²) in [6.07, 6.45) is 7.47. The molecule has 0 spiro atoms. The Kier molecular flexibility index (Phi) is 3.60. The summed E-state index contributed by atoms with van der Waals surface area (Å²) >= 11 is 0. The van der Waals surface area contributed by atoms with Gasteiger partial charge >= 0.3 is 5.97 Å². The molecule has 3 heteroatoms. The zero-order valence-corrected chi connectivity index (χ0v) is 11.4. The number of allylic oxidation sites excluding steroid dienone is 2. The van der Waals surface area contributed by atoms with Crippen LogP contribution in [-0.2, 0) is 14.3 Å². The second-order valence-corrected chi connectivity index (χ2v) is 6.05. The van der Waals surface area contributed by atoms with Gasteiger partial charge in [-0.25, -0.2) is 0 Å². The Balaban J connectivity index is 1.93. The topological polar surface area (TPSA) is 43.4 Å². The molecule has 0 aromatic rings. The van der Waals surface area contributed by atoms with Crippen molar-refractivity contribution in [3.8, 4) is 0 Å². The molecule has 3 nitrogen and oxygen atoms in total. The molecule has 2 bridgehead atoms. The standard InChI is InChI=1S/C15H22O3/c1-4-5-8-15(2,3)18-14(17)12-9-10-6-7-11(12)13(10)16/h6-7,10-12H,4-5,8-9H2,1-3H3. The molecule has 2 rings (SSSR count). The van der Waals surface area contributed by atoms with Crippen LogP contribution in [0.15, 0.2) is 12.2 Å². The lowest BCUT2D eigenvalue weighted by Crippen LogP contribution is -2.33. The first-order chi connectivity index (χ1) is 8.44. The van der Waals surface area contributed by atoms with E-state index >= 15 is 0 Å². The van der Waals surface area contributed by atoms with E-state index in [0.29, 0.717) is 6.42 Å². The molecule has 0 aromatic heterocycles. The van der Waals surface area contributed by atoms with Crippen LogP contribution in [0.1, 0.15) is 46.5 Å². The zero-order valence-electron chi connectivity index (χ0n) is 11.4. The number of esters is 1. The highest BCUT2D eigenvalue weighted by molar-refractivity contribution is 5.96. The fourth-order valence-electron chi connectivity index (χ4n) is 2.88. The maximum absolute atomic E-state index is 12.2. The first-order valence-corrected chi connectivity index (χ1v) is 6.89. The minimum atomic E-state index is -0.415. The van der Waals surface area contributed by atoms with Gasteiger partial charge in [0.1, 0.15) is 11.4 Å². The van der Waals surface area contributed by atoms with Crippen molar-refractivity contribution in [2.24, 2.45) is 17.8 Å². The summed E-state index contributed by atoms with van der Waals surface area (Å²) < 4.78 is 5.60. The molecule has 1 fully saturated rings. The van der Waals surface area contributed by atoms with Gasteiger partial charge in [-0.1, -0.05) is 25.5 Å². The molecule has 0 aromatic carbocycles. The molecule has 0 heterocycles. The molecule has 1 saturated carbocycles. The van der Waals surface area contributed by atoms with Crippen molar-refractivity contribution in [2.75, 3.05) is 0 Å². The van der Waals surface area contributed by atoms with Gasteiger partial charge < -0.3 is 4.74 Å². The van der Waals surface area contributed by atoms with Crippen molar-refractivity contribution >= 4 is 11.8 Å². The molecule has 0 saturated heterocycles. The number of unbranched alkanes of at least 4 members (excludes halogenated alkanes) is 1. The Morgan fingerprint density at radius 3 is 2.67 bits per heavy atom. The Hall–Kier alpha value is -1.12. The van der Waals surface area contributed by atoms with Gasteiger partial charge in [0.15, 0.2) is 0 Å². The van der Waals surface area contributed by atoms with Gasteiger partial charge in [0.2, 0.25) is 0 Å². The summed E-state index contributed by atoms with van der Waals surface area (Å²) in [6, 6.07) is 0. The van der Waals surface area contributed by atoms with E-state index in [1.165, 1.54) is 0 Å².